The van der Waals surface area contributed by atoms with E-state index in [2.05, 4.69) is 15.5 Å². The van der Waals surface area contributed by atoms with Crippen LogP contribution in [0.25, 0.3) is 27.6 Å². The molecule has 0 aliphatic carbocycles. The summed E-state index contributed by atoms with van der Waals surface area (Å²) in [6.45, 7) is 1.72. The van der Waals surface area contributed by atoms with Gasteiger partial charge < -0.3 is 14.8 Å². The van der Waals surface area contributed by atoms with E-state index in [-0.39, 0.29) is 17.2 Å². The normalized spacial score (nSPS) is 11.3. The van der Waals surface area contributed by atoms with E-state index < -0.39 is 5.82 Å². The average molecular weight is 449 g/mol. The summed E-state index contributed by atoms with van der Waals surface area (Å²) in [5.41, 5.74) is 1.73. The lowest BCUT2D eigenvalue weighted by molar-refractivity contribution is -0.113. The Labute approximate surface area is 184 Å². The molecule has 0 spiro atoms. The summed E-state index contributed by atoms with van der Waals surface area (Å²) in [5.74, 6) is 0.113. The molecule has 0 aliphatic heterocycles. The summed E-state index contributed by atoms with van der Waals surface area (Å²) in [5, 5.41) is 7.49. The highest BCUT2D eigenvalue weighted by Crippen LogP contribution is 2.26. The van der Waals surface area contributed by atoms with Crippen LogP contribution >= 0.6 is 11.8 Å². The van der Waals surface area contributed by atoms with Gasteiger partial charge >= 0.3 is 0 Å². The molecule has 2 aromatic carbocycles. The Kier molecular flexibility index (Phi) is 4.98. The van der Waals surface area contributed by atoms with E-state index in [4.69, 9.17) is 9.51 Å². The highest BCUT2D eigenvalue weighted by Gasteiger charge is 2.18. The molecule has 0 unspecified atom stereocenters. The quantitative estimate of drug-likeness (QED) is 0.310. The summed E-state index contributed by atoms with van der Waals surface area (Å²) >= 11 is 1.09. The smallest absolute Gasteiger partial charge is 0.283 e. The number of hydrogen-bond donors (Lipinski definition) is 2. The number of para-hydroxylation sites is 1. The van der Waals surface area contributed by atoms with Crippen molar-refractivity contribution < 1.29 is 13.7 Å². The molecule has 8 nitrogen and oxygen atoms in total. The first-order valence-corrected chi connectivity index (χ1v) is 10.6. The van der Waals surface area contributed by atoms with Crippen LogP contribution in [0.1, 0.15) is 5.76 Å². The van der Waals surface area contributed by atoms with E-state index in [9.17, 15) is 14.0 Å². The number of benzene rings is 2. The fourth-order valence-corrected chi connectivity index (χ4v) is 4.20. The number of anilines is 1. The number of fused-ring (bicyclic) bond motifs is 3. The molecule has 0 saturated heterocycles. The lowest BCUT2D eigenvalue weighted by atomic mass is 10.2. The van der Waals surface area contributed by atoms with E-state index >= 15 is 0 Å². The lowest BCUT2D eigenvalue weighted by Gasteiger charge is -2.12. The third-order valence-electron chi connectivity index (χ3n) is 4.81. The van der Waals surface area contributed by atoms with Crippen molar-refractivity contribution in [3.8, 4) is 5.69 Å². The van der Waals surface area contributed by atoms with Crippen molar-refractivity contribution in [2.24, 2.45) is 0 Å². The number of nitrogens with zero attached hydrogens (tertiary/aromatic N) is 3. The van der Waals surface area contributed by atoms with Gasteiger partial charge in [-0.05, 0) is 37.3 Å². The number of H-pyrrole nitrogens is 1. The SMILES string of the molecule is Cc1cc(NC(=O)CSc2nc3c([nH]c4ccccc43)c(=O)n2-c2ccc(F)cc2)no1. The van der Waals surface area contributed by atoms with Crippen molar-refractivity contribution in [2.45, 2.75) is 12.1 Å². The maximum Gasteiger partial charge on any atom is 0.283 e. The number of halogens is 1. The van der Waals surface area contributed by atoms with E-state index in [1.54, 1.807) is 13.0 Å². The maximum absolute atomic E-state index is 13.5. The monoisotopic (exact) mass is 449 g/mol. The van der Waals surface area contributed by atoms with Gasteiger partial charge in [-0.2, -0.15) is 0 Å². The predicted molar refractivity (Wildman–Crippen MR) is 120 cm³/mol. The maximum atomic E-state index is 13.5. The Hall–Kier alpha value is -3.92. The summed E-state index contributed by atoms with van der Waals surface area (Å²) in [7, 11) is 0. The van der Waals surface area contributed by atoms with Crippen molar-refractivity contribution in [1.29, 1.82) is 0 Å². The van der Waals surface area contributed by atoms with Crippen molar-refractivity contribution in [3.63, 3.8) is 0 Å². The van der Waals surface area contributed by atoms with Crippen molar-refractivity contribution in [3.05, 3.63) is 76.5 Å². The van der Waals surface area contributed by atoms with Gasteiger partial charge in [0, 0.05) is 17.0 Å². The van der Waals surface area contributed by atoms with Crippen LogP contribution in [-0.4, -0.2) is 31.4 Å². The van der Waals surface area contributed by atoms with Crippen molar-refractivity contribution in [2.75, 3.05) is 11.1 Å². The number of rotatable bonds is 5. The van der Waals surface area contributed by atoms with Crippen LogP contribution < -0.4 is 10.9 Å². The molecule has 0 atom stereocenters. The van der Waals surface area contributed by atoms with Gasteiger partial charge in [0.2, 0.25) is 5.91 Å². The molecule has 3 heterocycles. The van der Waals surface area contributed by atoms with Gasteiger partial charge in [0.15, 0.2) is 11.0 Å². The Morgan fingerprint density at radius 3 is 2.75 bits per heavy atom. The number of nitrogens with one attached hydrogen (secondary N) is 2. The van der Waals surface area contributed by atoms with Gasteiger partial charge in [-0.3, -0.25) is 14.2 Å². The molecular weight excluding hydrogens is 433 g/mol. The van der Waals surface area contributed by atoms with Gasteiger partial charge in [-0.1, -0.05) is 35.1 Å². The van der Waals surface area contributed by atoms with Crippen molar-refractivity contribution in [1.82, 2.24) is 19.7 Å². The predicted octanol–water partition coefficient (Wildman–Crippen LogP) is 4.03. The number of thioether (sulfide) groups is 1. The van der Waals surface area contributed by atoms with Crippen LogP contribution in [0.2, 0.25) is 0 Å². The third-order valence-corrected chi connectivity index (χ3v) is 5.75. The number of aromatic nitrogens is 4. The first-order chi connectivity index (χ1) is 15.5. The third kappa shape index (κ3) is 3.65. The Morgan fingerprint density at radius 1 is 1.22 bits per heavy atom. The zero-order chi connectivity index (χ0) is 22.2. The Bertz CT molecular complexity index is 1520. The van der Waals surface area contributed by atoms with Crippen LogP contribution in [0, 0.1) is 12.7 Å². The molecule has 1 amide bonds. The van der Waals surface area contributed by atoms with Crippen molar-refractivity contribution >= 4 is 45.4 Å². The summed E-state index contributed by atoms with van der Waals surface area (Å²) < 4.78 is 19.8. The second-order valence-electron chi connectivity index (χ2n) is 7.07. The molecule has 160 valence electrons. The summed E-state index contributed by atoms with van der Waals surface area (Å²) in [4.78, 5) is 33.6. The molecule has 0 radical (unpaired) electrons. The number of carbonyl (C=O) groups excluding carboxylic acids is 1. The van der Waals surface area contributed by atoms with E-state index in [1.165, 1.54) is 28.8 Å². The zero-order valence-corrected chi connectivity index (χ0v) is 17.6. The highest BCUT2D eigenvalue weighted by atomic mass is 32.2. The van der Waals surface area contributed by atoms with Crippen LogP contribution in [0.5, 0.6) is 0 Å². The standard InChI is InChI=1S/C22H16FN5O3S/c1-12-10-17(27-31-12)25-18(29)11-32-22-26-19-15-4-2-3-5-16(15)24-20(19)21(30)28(22)14-8-6-13(23)7-9-14/h2-10,24H,11H2,1H3,(H,25,27,29). The molecule has 3 aromatic heterocycles. The van der Waals surface area contributed by atoms with Gasteiger partial charge in [-0.25, -0.2) is 9.37 Å². The first kappa shape index (κ1) is 20.0. The summed E-state index contributed by atoms with van der Waals surface area (Å²) in [6, 6.07) is 14.6. The Morgan fingerprint density at radius 2 is 2.00 bits per heavy atom. The molecule has 5 rings (SSSR count). The number of aryl methyl sites for hydroxylation is 1. The number of carbonyl (C=O) groups is 1. The summed E-state index contributed by atoms with van der Waals surface area (Å²) in [6.07, 6.45) is 0. The molecule has 0 bridgehead atoms. The van der Waals surface area contributed by atoms with Gasteiger partial charge in [0.25, 0.3) is 5.56 Å². The number of amides is 1. The van der Waals surface area contributed by atoms with Crippen LogP contribution in [-0.2, 0) is 4.79 Å². The Balaban J connectivity index is 1.57. The molecule has 0 saturated carbocycles. The second kappa shape index (κ2) is 7.97. The fourth-order valence-electron chi connectivity index (χ4n) is 3.39. The van der Waals surface area contributed by atoms with E-state index in [1.807, 2.05) is 24.3 Å². The lowest BCUT2D eigenvalue weighted by Crippen LogP contribution is -2.23. The topological polar surface area (TPSA) is 106 Å². The van der Waals surface area contributed by atoms with E-state index in [0.717, 1.165) is 22.7 Å². The molecule has 0 fully saturated rings. The highest BCUT2D eigenvalue weighted by molar-refractivity contribution is 7.99. The minimum Gasteiger partial charge on any atom is -0.360 e. The molecular formula is C22H16FN5O3S. The van der Waals surface area contributed by atoms with Gasteiger partial charge in [-0.15, -0.1) is 0 Å². The van der Waals surface area contributed by atoms with Gasteiger partial charge in [0.05, 0.1) is 11.4 Å². The van der Waals surface area contributed by atoms with Gasteiger partial charge in [0.1, 0.15) is 22.6 Å². The average Bonchev–Trinajstić information content (AvgIpc) is 3.36. The molecule has 0 aliphatic rings. The molecule has 10 heteroatoms. The largest absolute Gasteiger partial charge is 0.360 e. The molecule has 5 aromatic rings. The second-order valence-corrected chi connectivity index (χ2v) is 8.01. The minimum absolute atomic E-state index is 0.0204. The molecule has 32 heavy (non-hydrogen) atoms. The van der Waals surface area contributed by atoms with Crippen LogP contribution in [0.3, 0.4) is 0 Å². The van der Waals surface area contributed by atoms with Crippen LogP contribution in [0.15, 0.2) is 69.1 Å². The van der Waals surface area contributed by atoms with E-state index in [0.29, 0.717) is 33.5 Å². The fraction of sp³-hybridized carbons (Fsp3) is 0.0909. The van der Waals surface area contributed by atoms with Crippen LogP contribution in [0.4, 0.5) is 10.2 Å². The number of aromatic amines is 1. The zero-order valence-electron chi connectivity index (χ0n) is 16.8. The molecule has 2 N–H and O–H groups in total. The number of hydrogen-bond acceptors (Lipinski definition) is 6. The first-order valence-electron chi connectivity index (χ1n) is 9.65. The minimum atomic E-state index is -0.419.